The molecule has 0 aliphatic heterocycles. The fraction of sp³-hybridized carbons (Fsp3) is 0.286. The summed E-state index contributed by atoms with van der Waals surface area (Å²) in [5.41, 5.74) is 4.40. The summed E-state index contributed by atoms with van der Waals surface area (Å²) in [6, 6.07) is 13.3. The third kappa shape index (κ3) is 4.90. The lowest BCUT2D eigenvalue weighted by molar-refractivity contribution is -0.136. The molecule has 0 amide bonds. The summed E-state index contributed by atoms with van der Waals surface area (Å²) in [5.74, 6) is 1.12. The molecule has 1 aromatic heterocycles. The van der Waals surface area contributed by atoms with Crippen LogP contribution < -0.4 is 4.74 Å². The van der Waals surface area contributed by atoms with Crippen molar-refractivity contribution >= 4 is 0 Å². The molecular formula is C21H20F3NO2. The molecule has 1 heterocycles. The predicted octanol–water partition coefficient (Wildman–Crippen LogP) is 6.35. The molecule has 0 aliphatic rings. The van der Waals surface area contributed by atoms with E-state index in [-0.39, 0.29) is 13.0 Å². The zero-order valence-electron chi connectivity index (χ0n) is 15.1. The first-order chi connectivity index (χ1) is 12.8. The molecule has 27 heavy (non-hydrogen) atoms. The van der Waals surface area contributed by atoms with Crippen LogP contribution in [0.5, 0.6) is 5.75 Å². The molecule has 0 saturated carbocycles. The Morgan fingerprint density at radius 1 is 1.04 bits per heavy atom. The number of rotatable bonds is 6. The van der Waals surface area contributed by atoms with E-state index in [9.17, 15) is 13.2 Å². The van der Waals surface area contributed by atoms with Crippen molar-refractivity contribution in [2.24, 2.45) is 0 Å². The van der Waals surface area contributed by atoms with Crippen LogP contribution >= 0.6 is 0 Å². The summed E-state index contributed by atoms with van der Waals surface area (Å²) in [7, 11) is 0. The molecule has 0 unspecified atom stereocenters. The summed E-state index contributed by atoms with van der Waals surface area (Å²) in [6.45, 7) is 3.88. The van der Waals surface area contributed by atoms with E-state index in [0.717, 1.165) is 22.3 Å². The standard InChI is InChI=1S/C21H20F3NO2/c1-14-6-3-4-7-17(14)20-25-18(13-27-20)16-8-9-19(15(2)12-16)26-11-5-10-21(22,23)24/h3-4,6-9,12-13H,5,10-11H2,1-2H3. The Balaban J connectivity index is 1.70. The van der Waals surface area contributed by atoms with Crippen LogP contribution in [-0.4, -0.2) is 17.8 Å². The second-order valence-electron chi connectivity index (χ2n) is 6.40. The quantitative estimate of drug-likeness (QED) is 0.471. The molecule has 2 aromatic carbocycles. The summed E-state index contributed by atoms with van der Waals surface area (Å²) >= 11 is 0. The van der Waals surface area contributed by atoms with Gasteiger partial charge in [-0.1, -0.05) is 18.2 Å². The lowest BCUT2D eigenvalue weighted by Gasteiger charge is -2.11. The zero-order valence-corrected chi connectivity index (χ0v) is 15.1. The van der Waals surface area contributed by atoms with Crippen LogP contribution in [-0.2, 0) is 0 Å². The molecule has 0 fully saturated rings. The van der Waals surface area contributed by atoms with Gasteiger partial charge in [0, 0.05) is 17.5 Å². The van der Waals surface area contributed by atoms with Gasteiger partial charge in [-0.15, -0.1) is 0 Å². The maximum Gasteiger partial charge on any atom is 0.389 e. The van der Waals surface area contributed by atoms with E-state index in [4.69, 9.17) is 9.15 Å². The van der Waals surface area contributed by atoms with Crippen molar-refractivity contribution in [2.75, 3.05) is 6.61 Å². The molecular weight excluding hydrogens is 355 g/mol. The molecule has 0 bridgehead atoms. The van der Waals surface area contributed by atoms with Crippen molar-refractivity contribution in [1.29, 1.82) is 0 Å². The number of oxazole rings is 1. The van der Waals surface area contributed by atoms with Crippen molar-refractivity contribution in [1.82, 2.24) is 4.98 Å². The van der Waals surface area contributed by atoms with Gasteiger partial charge in [-0.3, -0.25) is 0 Å². The van der Waals surface area contributed by atoms with Crippen molar-refractivity contribution in [3.63, 3.8) is 0 Å². The van der Waals surface area contributed by atoms with Crippen LogP contribution in [0.25, 0.3) is 22.7 Å². The van der Waals surface area contributed by atoms with Crippen LogP contribution in [0.15, 0.2) is 53.1 Å². The minimum Gasteiger partial charge on any atom is -0.493 e. The molecule has 0 spiro atoms. The van der Waals surface area contributed by atoms with Crippen molar-refractivity contribution in [3.05, 3.63) is 59.9 Å². The van der Waals surface area contributed by atoms with E-state index in [1.165, 1.54) is 0 Å². The number of nitrogens with zero attached hydrogens (tertiary/aromatic N) is 1. The van der Waals surface area contributed by atoms with E-state index < -0.39 is 12.6 Å². The molecule has 0 saturated heterocycles. The van der Waals surface area contributed by atoms with Crippen LogP contribution in [0.4, 0.5) is 13.2 Å². The average Bonchev–Trinajstić information content (AvgIpc) is 3.09. The fourth-order valence-electron chi connectivity index (χ4n) is 2.77. The van der Waals surface area contributed by atoms with Gasteiger partial charge < -0.3 is 9.15 Å². The monoisotopic (exact) mass is 375 g/mol. The second-order valence-corrected chi connectivity index (χ2v) is 6.40. The molecule has 0 aliphatic carbocycles. The number of aromatic nitrogens is 1. The fourth-order valence-corrected chi connectivity index (χ4v) is 2.77. The Bertz CT molecular complexity index is 916. The maximum atomic E-state index is 12.2. The first-order valence-corrected chi connectivity index (χ1v) is 8.65. The lowest BCUT2D eigenvalue weighted by Crippen LogP contribution is -2.10. The minimum atomic E-state index is -4.15. The number of halogens is 3. The molecule has 0 N–H and O–H groups in total. The Morgan fingerprint density at radius 3 is 2.52 bits per heavy atom. The van der Waals surface area contributed by atoms with E-state index in [2.05, 4.69) is 4.98 Å². The van der Waals surface area contributed by atoms with Crippen molar-refractivity contribution in [2.45, 2.75) is 32.9 Å². The largest absolute Gasteiger partial charge is 0.493 e. The Labute approximate surface area is 155 Å². The molecule has 0 radical (unpaired) electrons. The van der Waals surface area contributed by atoms with Crippen molar-refractivity contribution < 1.29 is 22.3 Å². The topological polar surface area (TPSA) is 35.3 Å². The van der Waals surface area contributed by atoms with Gasteiger partial charge in [-0.2, -0.15) is 13.2 Å². The van der Waals surface area contributed by atoms with Crippen LogP contribution in [0.3, 0.4) is 0 Å². The van der Waals surface area contributed by atoms with Gasteiger partial charge in [-0.05, 0) is 55.7 Å². The average molecular weight is 375 g/mol. The SMILES string of the molecule is Cc1cc(-c2coc(-c3ccccc3C)n2)ccc1OCCCC(F)(F)F. The summed E-state index contributed by atoms with van der Waals surface area (Å²) in [5, 5.41) is 0. The van der Waals surface area contributed by atoms with Gasteiger partial charge in [0.1, 0.15) is 17.7 Å². The summed E-state index contributed by atoms with van der Waals surface area (Å²) < 4.78 is 47.6. The number of aryl methyl sites for hydroxylation is 2. The van der Waals surface area contributed by atoms with Crippen LogP contribution in [0.2, 0.25) is 0 Å². The number of benzene rings is 2. The number of ether oxygens (including phenoxy) is 1. The molecule has 6 heteroatoms. The Kier molecular flexibility index (Phi) is 5.54. The summed E-state index contributed by atoms with van der Waals surface area (Å²) in [6.07, 6.45) is -3.46. The first kappa shape index (κ1) is 19.0. The van der Waals surface area contributed by atoms with Gasteiger partial charge >= 0.3 is 6.18 Å². The molecule has 3 nitrogen and oxygen atoms in total. The highest BCUT2D eigenvalue weighted by Gasteiger charge is 2.26. The number of alkyl halides is 3. The molecule has 3 aromatic rings. The molecule has 142 valence electrons. The van der Waals surface area contributed by atoms with Crippen molar-refractivity contribution in [3.8, 4) is 28.5 Å². The predicted molar refractivity (Wildman–Crippen MR) is 97.6 cm³/mol. The van der Waals surface area contributed by atoms with Crippen LogP contribution in [0.1, 0.15) is 24.0 Å². The highest BCUT2D eigenvalue weighted by Crippen LogP contribution is 2.30. The number of hydrogen-bond acceptors (Lipinski definition) is 3. The summed E-state index contributed by atoms with van der Waals surface area (Å²) in [4.78, 5) is 4.55. The highest BCUT2D eigenvalue weighted by molar-refractivity contribution is 5.66. The van der Waals surface area contributed by atoms with Gasteiger partial charge in [-0.25, -0.2) is 4.98 Å². The van der Waals surface area contributed by atoms with Gasteiger partial charge in [0.15, 0.2) is 0 Å². The third-order valence-corrected chi connectivity index (χ3v) is 4.21. The maximum absolute atomic E-state index is 12.2. The van der Waals surface area contributed by atoms with E-state index in [1.54, 1.807) is 12.3 Å². The minimum absolute atomic E-state index is 0.0289. The van der Waals surface area contributed by atoms with Gasteiger partial charge in [0.05, 0.1) is 6.61 Å². The smallest absolute Gasteiger partial charge is 0.389 e. The zero-order chi connectivity index (χ0) is 19.4. The Morgan fingerprint density at radius 2 is 1.81 bits per heavy atom. The van der Waals surface area contributed by atoms with Gasteiger partial charge in [0.25, 0.3) is 0 Å². The lowest BCUT2D eigenvalue weighted by atomic mass is 10.1. The van der Waals surface area contributed by atoms with E-state index in [0.29, 0.717) is 17.3 Å². The first-order valence-electron chi connectivity index (χ1n) is 8.65. The third-order valence-electron chi connectivity index (χ3n) is 4.21. The van der Waals surface area contributed by atoms with E-state index >= 15 is 0 Å². The molecule has 3 rings (SSSR count). The van der Waals surface area contributed by atoms with Crippen LogP contribution in [0, 0.1) is 13.8 Å². The second kappa shape index (κ2) is 7.86. The van der Waals surface area contributed by atoms with Gasteiger partial charge in [0.2, 0.25) is 5.89 Å². The highest BCUT2D eigenvalue weighted by atomic mass is 19.4. The number of hydrogen-bond donors (Lipinski definition) is 0. The van der Waals surface area contributed by atoms with E-state index in [1.807, 2.05) is 50.2 Å². The Hall–Kier alpha value is -2.76. The normalized spacial score (nSPS) is 11.6. The molecule has 0 atom stereocenters.